The summed E-state index contributed by atoms with van der Waals surface area (Å²) < 4.78 is 11.3. The van der Waals surface area contributed by atoms with E-state index in [-0.39, 0.29) is 0 Å². The fourth-order valence-electron chi connectivity index (χ4n) is 8.47. The molecule has 0 bridgehead atoms. The summed E-state index contributed by atoms with van der Waals surface area (Å²) in [6.07, 6.45) is 0. The summed E-state index contributed by atoms with van der Waals surface area (Å²) in [5.74, 6) is 1.79. The van der Waals surface area contributed by atoms with E-state index in [9.17, 15) is 0 Å². The number of thiophene rings is 1. The summed E-state index contributed by atoms with van der Waals surface area (Å²) in [6.45, 7) is 0. The Hall–Kier alpha value is -7.41. The minimum atomic E-state index is 0.589. The van der Waals surface area contributed by atoms with Gasteiger partial charge in [0.1, 0.15) is 11.2 Å². The molecule has 0 aliphatic carbocycles. The van der Waals surface area contributed by atoms with Crippen LogP contribution in [0.25, 0.3) is 115 Å². The molecule has 0 unspecified atom stereocenters. The molecule has 12 rings (SSSR count). The molecule has 57 heavy (non-hydrogen) atoms. The number of nitrogens with zero attached hydrogens (tertiary/aromatic N) is 4. The molecular formula is C51H30N4OS. The molecule has 0 aliphatic rings. The van der Waals surface area contributed by atoms with Gasteiger partial charge in [0.2, 0.25) is 0 Å². The van der Waals surface area contributed by atoms with Crippen molar-refractivity contribution in [2.24, 2.45) is 0 Å². The minimum Gasteiger partial charge on any atom is -0.456 e. The number of fused-ring (bicyclic) bond motifs is 10. The molecule has 0 saturated carbocycles. The molecule has 12 aromatic rings. The summed E-state index contributed by atoms with van der Waals surface area (Å²) in [5.41, 5.74) is 9.90. The summed E-state index contributed by atoms with van der Waals surface area (Å²) >= 11 is 1.86. The fraction of sp³-hybridized carbons (Fsp3) is 0. The standard InChI is InChI=1S/C51H30N4OS/c1-3-14-31(15-4-1)33-28-34(30-35(29-33)55-42-22-10-7-18-36(42)38-26-27-39-37-19-9-12-25-45(37)57-48(39)47(38)55)50-52-49(32-16-5-2-6-17-32)53-51(54-50)41-21-13-24-44-46(41)40-20-8-11-23-43(40)56-44/h1-30H. The van der Waals surface area contributed by atoms with E-state index in [1.165, 1.54) is 36.5 Å². The number of hydrogen-bond donors (Lipinski definition) is 0. The van der Waals surface area contributed by atoms with E-state index in [0.29, 0.717) is 17.5 Å². The Kier molecular flexibility index (Phi) is 7.03. The average molecular weight is 747 g/mol. The lowest BCUT2D eigenvalue weighted by Gasteiger charge is -2.15. The first-order valence-corrected chi connectivity index (χ1v) is 19.8. The molecule has 4 heterocycles. The molecule has 0 N–H and O–H groups in total. The van der Waals surface area contributed by atoms with Gasteiger partial charge in [0, 0.05) is 59.4 Å². The van der Waals surface area contributed by atoms with E-state index in [2.05, 4.69) is 138 Å². The number of aromatic nitrogens is 4. The van der Waals surface area contributed by atoms with Crippen LogP contribution >= 0.6 is 11.3 Å². The van der Waals surface area contributed by atoms with Gasteiger partial charge < -0.3 is 8.98 Å². The Morgan fingerprint density at radius 3 is 1.89 bits per heavy atom. The number of rotatable bonds is 5. The largest absolute Gasteiger partial charge is 0.456 e. The number of para-hydroxylation sites is 2. The molecule has 0 aliphatic heterocycles. The topological polar surface area (TPSA) is 56.7 Å². The van der Waals surface area contributed by atoms with Crippen LogP contribution in [0.5, 0.6) is 0 Å². The van der Waals surface area contributed by atoms with E-state index in [1.807, 2.05) is 59.9 Å². The van der Waals surface area contributed by atoms with Crippen molar-refractivity contribution in [3.63, 3.8) is 0 Å². The van der Waals surface area contributed by atoms with Gasteiger partial charge >= 0.3 is 0 Å². The monoisotopic (exact) mass is 746 g/mol. The van der Waals surface area contributed by atoms with Crippen molar-refractivity contribution in [2.45, 2.75) is 0 Å². The molecule has 0 fully saturated rings. The molecule has 0 atom stereocenters. The van der Waals surface area contributed by atoms with Gasteiger partial charge in [-0.05, 0) is 53.6 Å². The van der Waals surface area contributed by atoms with Crippen LogP contribution in [0.2, 0.25) is 0 Å². The first-order chi connectivity index (χ1) is 28.2. The van der Waals surface area contributed by atoms with Crippen molar-refractivity contribution in [1.82, 2.24) is 19.5 Å². The quantitative estimate of drug-likeness (QED) is 0.176. The van der Waals surface area contributed by atoms with Crippen molar-refractivity contribution in [3.05, 3.63) is 182 Å². The third-order valence-electron chi connectivity index (χ3n) is 11.0. The van der Waals surface area contributed by atoms with Crippen molar-refractivity contribution in [3.8, 4) is 51.0 Å². The van der Waals surface area contributed by atoms with Gasteiger partial charge in [0.15, 0.2) is 17.5 Å². The van der Waals surface area contributed by atoms with Gasteiger partial charge in [0.05, 0.1) is 15.7 Å². The highest BCUT2D eigenvalue weighted by atomic mass is 32.1. The van der Waals surface area contributed by atoms with Crippen LogP contribution in [0.4, 0.5) is 0 Å². The Morgan fingerprint density at radius 1 is 0.421 bits per heavy atom. The highest BCUT2D eigenvalue weighted by molar-refractivity contribution is 7.26. The van der Waals surface area contributed by atoms with E-state index >= 15 is 0 Å². The van der Waals surface area contributed by atoms with Gasteiger partial charge in [-0.2, -0.15) is 0 Å². The van der Waals surface area contributed by atoms with Crippen LogP contribution in [0.1, 0.15) is 0 Å². The Balaban J connectivity index is 1.17. The zero-order valence-corrected chi connectivity index (χ0v) is 31.2. The Labute approximate surface area is 330 Å². The minimum absolute atomic E-state index is 0.589. The maximum absolute atomic E-state index is 6.31. The molecular weight excluding hydrogens is 717 g/mol. The SMILES string of the molecule is c1ccc(-c2cc(-c3nc(-c4ccccc4)nc(-c4cccc5oc6ccccc6c45)n3)cc(-n3c4ccccc4c4ccc5c6ccccc6sc5c43)c2)cc1. The second-order valence-corrected chi connectivity index (χ2v) is 15.4. The Bertz CT molecular complexity index is 3530. The molecule has 8 aromatic carbocycles. The lowest BCUT2D eigenvalue weighted by molar-refractivity contribution is 0.669. The van der Waals surface area contributed by atoms with Gasteiger partial charge in [-0.25, -0.2) is 15.0 Å². The smallest absolute Gasteiger partial charge is 0.164 e. The van der Waals surface area contributed by atoms with Crippen molar-refractivity contribution in [1.29, 1.82) is 0 Å². The van der Waals surface area contributed by atoms with Gasteiger partial charge in [-0.3, -0.25) is 0 Å². The van der Waals surface area contributed by atoms with E-state index in [0.717, 1.165) is 61.0 Å². The normalized spacial score (nSPS) is 11.9. The van der Waals surface area contributed by atoms with Crippen LogP contribution in [0.3, 0.4) is 0 Å². The maximum atomic E-state index is 6.31. The predicted molar refractivity (Wildman–Crippen MR) is 236 cm³/mol. The third kappa shape index (κ3) is 5.04. The highest BCUT2D eigenvalue weighted by Gasteiger charge is 2.21. The molecule has 0 radical (unpaired) electrons. The zero-order chi connectivity index (χ0) is 37.5. The van der Waals surface area contributed by atoms with Crippen LogP contribution in [-0.4, -0.2) is 19.5 Å². The van der Waals surface area contributed by atoms with E-state index < -0.39 is 0 Å². The van der Waals surface area contributed by atoms with Gasteiger partial charge in [-0.1, -0.05) is 140 Å². The summed E-state index contributed by atoms with van der Waals surface area (Å²) in [5, 5.41) is 7.00. The predicted octanol–water partition coefficient (Wildman–Crippen LogP) is 13.9. The van der Waals surface area contributed by atoms with E-state index in [1.54, 1.807) is 0 Å². The Morgan fingerprint density at radius 2 is 1.05 bits per heavy atom. The van der Waals surface area contributed by atoms with Crippen LogP contribution in [0.15, 0.2) is 186 Å². The molecule has 5 nitrogen and oxygen atoms in total. The third-order valence-corrected chi connectivity index (χ3v) is 12.2. The van der Waals surface area contributed by atoms with Crippen molar-refractivity contribution < 1.29 is 4.42 Å². The molecule has 6 heteroatoms. The second kappa shape index (κ2) is 12.6. The van der Waals surface area contributed by atoms with Crippen molar-refractivity contribution in [2.75, 3.05) is 0 Å². The van der Waals surface area contributed by atoms with Gasteiger partial charge in [-0.15, -0.1) is 11.3 Å². The summed E-state index contributed by atoms with van der Waals surface area (Å²) in [7, 11) is 0. The summed E-state index contributed by atoms with van der Waals surface area (Å²) in [4.78, 5) is 15.7. The molecule has 0 spiro atoms. The number of hydrogen-bond acceptors (Lipinski definition) is 5. The zero-order valence-electron chi connectivity index (χ0n) is 30.4. The number of benzene rings is 8. The molecule has 0 amide bonds. The lowest BCUT2D eigenvalue weighted by Crippen LogP contribution is -2.02. The summed E-state index contributed by atoms with van der Waals surface area (Å²) in [6, 6.07) is 63.8. The second-order valence-electron chi connectivity index (χ2n) is 14.4. The van der Waals surface area contributed by atoms with Crippen LogP contribution < -0.4 is 0 Å². The number of furan rings is 1. The molecule has 4 aromatic heterocycles. The highest BCUT2D eigenvalue weighted by Crippen LogP contribution is 2.44. The van der Waals surface area contributed by atoms with Gasteiger partial charge in [0.25, 0.3) is 0 Å². The first-order valence-electron chi connectivity index (χ1n) is 19.0. The van der Waals surface area contributed by atoms with Crippen LogP contribution in [0, 0.1) is 0 Å². The molecule has 266 valence electrons. The molecule has 0 saturated heterocycles. The lowest BCUT2D eigenvalue weighted by atomic mass is 10.0. The van der Waals surface area contributed by atoms with Crippen molar-refractivity contribution >= 4 is 75.3 Å². The van der Waals surface area contributed by atoms with Crippen LogP contribution in [-0.2, 0) is 0 Å². The first kappa shape index (κ1) is 31.9. The maximum Gasteiger partial charge on any atom is 0.164 e. The van der Waals surface area contributed by atoms with E-state index in [4.69, 9.17) is 19.4 Å². The fourth-order valence-corrected chi connectivity index (χ4v) is 9.71. The average Bonchev–Trinajstić information content (AvgIpc) is 3.96.